The van der Waals surface area contributed by atoms with Gasteiger partial charge in [-0.3, -0.25) is 9.69 Å². The molecule has 1 atom stereocenters. The van der Waals surface area contributed by atoms with E-state index in [-0.39, 0.29) is 17.7 Å². The lowest BCUT2D eigenvalue weighted by Crippen LogP contribution is -2.53. The highest BCUT2D eigenvalue weighted by Crippen LogP contribution is 2.22. The van der Waals surface area contributed by atoms with Crippen LogP contribution in [0.2, 0.25) is 0 Å². The van der Waals surface area contributed by atoms with Crippen molar-refractivity contribution in [3.05, 3.63) is 42.5 Å². The average molecular weight is 402 g/mol. The first kappa shape index (κ1) is 19.2. The first-order chi connectivity index (χ1) is 13.4. The number of carbonyl (C=O) groups excluding carboxylic acids is 1. The van der Waals surface area contributed by atoms with Crippen molar-refractivity contribution in [1.82, 2.24) is 9.80 Å². The number of likely N-dealkylation sites (N-methyl/N-ethyl adjacent to an activating group) is 1. The maximum Gasteiger partial charge on any atom is 0.242 e. The van der Waals surface area contributed by atoms with Crippen molar-refractivity contribution >= 4 is 32.2 Å². The summed E-state index contributed by atoms with van der Waals surface area (Å²) in [5.74, 6) is 0.688. The molecule has 1 amide bonds. The van der Waals surface area contributed by atoms with Crippen LogP contribution in [0.5, 0.6) is 0 Å². The van der Waals surface area contributed by atoms with Crippen LogP contribution in [0.15, 0.2) is 42.5 Å². The fourth-order valence-corrected chi connectivity index (χ4v) is 5.97. The van der Waals surface area contributed by atoms with Crippen molar-refractivity contribution in [2.75, 3.05) is 56.2 Å². The number of fused-ring (bicyclic) bond motifs is 1. The molecule has 0 unspecified atom stereocenters. The highest BCUT2D eigenvalue weighted by Gasteiger charge is 2.34. The smallest absolute Gasteiger partial charge is 0.242 e. The summed E-state index contributed by atoms with van der Waals surface area (Å²) in [7, 11) is -0.920. The SMILES string of the molecule is CN(CC(=O)N1CCN([C@@H]2CCS(=O)(=O)C2)CC1)c1ccc2ccccc2c1. The van der Waals surface area contributed by atoms with Crippen LogP contribution in [-0.2, 0) is 14.6 Å². The van der Waals surface area contributed by atoms with Gasteiger partial charge in [0.05, 0.1) is 18.1 Å². The van der Waals surface area contributed by atoms with Gasteiger partial charge in [0.1, 0.15) is 0 Å². The second-order valence-electron chi connectivity index (χ2n) is 7.86. The molecule has 2 heterocycles. The average Bonchev–Trinajstić information content (AvgIpc) is 3.07. The van der Waals surface area contributed by atoms with E-state index in [1.54, 1.807) is 0 Å². The molecule has 6 nitrogen and oxygen atoms in total. The Morgan fingerprint density at radius 1 is 1.07 bits per heavy atom. The minimum absolute atomic E-state index is 0.120. The normalized spacial score (nSPS) is 22.5. The highest BCUT2D eigenvalue weighted by molar-refractivity contribution is 7.91. The Balaban J connectivity index is 1.32. The van der Waals surface area contributed by atoms with Crippen LogP contribution in [-0.4, -0.2) is 81.4 Å². The standard InChI is InChI=1S/C21H27N3O3S/c1-22(19-7-6-17-4-2-3-5-18(17)14-19)15-21(25)24-11-9-23(10-12-24)20-8-13-28(26,27)16-20/h2-7,14,20H,8-13,15-16H2,1H3/t20-/m1/s1. The number of nitrogens with zero attached hydrogens (tertiary/aromatic N) is 3. The van der Waals surface area contributed by atoms with Gasteiger partial charge in [-0.1, -0.05) is 30.3 Å². The lowest BCUT2D eigenvalue weighted by atomic mass is 10.1. The van der Waals surface area contributed by atoms with E-state index in [2.05, 4.69) is 29.2 Å². The predicted molar refractivity (Wildman–Crippen MR) is 112 cm³/mol. The Kier molecular flexibility index (Phi) is 5.29. The first-order valence-electron chi connectivity index (χ1n) is 9.83. The first-order valence-corrected chi connectivity index (χ1v) is 11.7. The molecule has 2 fully saturated rings. The van der Waals surface area contributed by atoms with Gasteiger partial charge in [0.15, 0.2) is 9.84 Å². The summed E-state index contributed by atoms with van der Waals surface area (Å²) in [5.41, 5.74) is 1.03. The molecular formula is C21H27N3O3S. The Morgan fingerprint density at radius 2 is 1.79 bits per heavy atom. The predicted octanol–water partition coefficient (Wildman–Crippen LogP) is 1.61. The summed E-state index contributed by atoms with van der Waals surface area (Å²) in [6.07, 6.45) is 0.723. The van der Waals surface area contributed by atoms with Gasteiger partial charge < -0.3 is 9.80 Å². The van der Waals surface area contributed by atoms with Crippen molar-refractivity contribution in [2.24, 2.45) is 0 Å². The van der Waals surface area contributed by atoms with Crippen LogP contribution in [0.25, 0.3) is 10.8 Å². The molecule has 0 bridgehead atoms. The topological polar surface area (TPSA) is 60.9 Å². The van der Waals surface area contributed by atoms with Crippen molar-refractivity contribution < 1.29 is 13.2 Å². The lowest BCUT2D eigenvalue weighted by Gasteiger charge is -2.38. The molecule has 150 valence electrons. The van der Waals surface area contributed by atoms with E-state index >= 15 is 0 Å². The second-order valence-corrected chi connectivity index (χ2v) is 10.1. The zero-order valence-corrected chi connectivity index (χ0v) is 17.1. The van der Waals surface area contributed by atoms with Gasteiger partial charge in [0, 0.05) is 45.0 Å². The maximum atomic E-state index is 12.7. The molecule has 28 heavy (non-hydrogen) atoms. The summed E-state index contributed by atoms with van der Waals surface area (Å²) >= 11 is 0. The number of carbonyl (C=O) groups is 1. The van der Waals surface area contributed by atoms with Crippen LogP contribution in [0.1, 0.15) is 6.42 Å². The maximum absolute atomic E-state index is 12.7. The van der Waals surface area contributed by atoms with E-state index < -0.39 is 9.84 Å². The van der Waals surface area contributed by atoms with Crippen LogP contribution >= 0.6 is 0 Å². The van der Waals surface area contributed by atoms with Crippen molar-refractivity contribution in [1.29, 1.82) is 0 Å². The summed E-state index contributed by atoms with van der Waals surface area (Å²) in [5, 5.41) is 2.36. The quantitative estimate of drug-likeness (QED) is 0.779. The van der Waals surface area contributed by atoms with Crippen LogP contribution in [0.4, 0.5) is 5.69 Å². The van der Waals surface area contributed by atoms with Gasteiger partial charge in [-0.2, -0.15) is 0 Å². The van der Waals surface area contributed by atoms with Gasteiger partial charge in [-0.15, -0.1) is 0 Å². The largest absolute Gasteiger partial charge is 0.365 e. The van der Waals surface area contributed by atoms with Gasteiger partial charge in [-0.05, 0) is 29.3 Å². The molecular weight excluding hydrogens is 374 g/mol. The molecule has 7 heteroatoms. The molecule has 0 aromatic heterocycles. The third kappa shape index (κ3) is 4.15. The number of hydrogen-bond donors (Lipinski definition) is 0. The molecule has 2 aromatic carbocycles. The number of hydrogen-bond acceptors (Lipinski definition) is 5. The third-order valence-electron chi connectivity index (χ3n) is 5.94. The highest BCUT2D eigenvalue weighted by atomic mass is 32.2. The van der Waals surface area contributed by atoms with Gasteiger partial charge in [-0.25, -0.2) is 8.42 Å². The molecule has 2 aliphatic heterocycles. The summed E-state index contributed by atoms with van der Waals surface area (Å²) < 4.78 is 23.4. The van der Waals surface area contributed by atoms with E-state index in [1.807, 2.05) is 35.0 Å². The molecule has 0 saturated carbocycles. The minimum atomic E-state index is -2.87. The van der Waals surface area contributed by atoms with Gasteiger partial charge in [0.2, 0.25) is 5.91 Å². The molecule has 0 radical (unpaired) electrons. The molecule has 2 aromatic rings. The van der Waals surface area contributed by atoms with Gasteiger partial charge >= 0.3 is 0 Å². The monoisotopic (exact) mass is 401 g/mol. The van der Waals surface area contributed by atoms with E-state index in [9.17, 15) is 13.2 Å². The van der Waals surface area contributed by atoms with E-state index in [4.69, 9.17) is 0 Å². The Morgan fingerprint density at radius 3 is 2.46 bits per heavy atom. The fourth-order valence-electron chi connectivity index (χ4n) is 4.21. The Labute approximate surface area is 166 Å². The summed E-state index contributed by atoms with van der Waals surface area (Å²) in [6.45, 7) is 3.19. The molecule has 0 spiro atoms. The number of piperazine rings is 1. The van der Waals surface area contributed by atoms with Crippen LogP contribution in [0.3, 0.4) is 0 Å². The number of benzene rings is 2. The minimum Gasteiger partial charge on any atom is -0.365 e. The molecule has 2 saturated heterocycles. The number of anilines is 1. The zero-order valence-electron chi connectivity index (χ0n) is 16.3. The second kappa shape index (κ2) is 7.72. The van der Waals surface area contributed by atoms with E-state index in [1.165, 1.54) is 10.8 Å². The van der Waals surface area contributed by atoms with Crippen molar-refractivity contribution in [3.8, 4) is 0 Å². The Hall–Kier alpha value is -2.12. The molecule has 4 rings (SSSR count). The lowest BCUT2D eigenvalue weighted by molar-refractivity contribution is -0.131. The number of rotatable bonds is 4. The van der Waals surface area contributed by atoms with Crippen LogP contribution in [0, 0.1) is 0 Å². The third-order valence-corrected chi connectivity index (χ3v) is 7.69. The van der Waals surface area contributed by atoms with E-state index in [0.29, 0.717) is 25.4 Å². The molecule has 2 aliphatic rings. The van der Waals surface area contributed by atoms with Crippen molar-refractivity contribution in [2.45, 2.75) is 12.5 Å². The Bertz CT molecular complexity index is 968. The fraction of sp³-hybridized carbons (Fsp3) is 0.476. The number of amides is 1. The van der Waals surface area contributed by atoms with E-state index in [0.717, 1.165) is 25.2 Å². The zero-order chi connectivity index (χ0) is 19.7. The van der Waals surface area contributed by atoms with Crippen LogP contribution < -0.4 is 4.90 Å². The molecule has 0 aliphatic carbocycles. The van der Waals surface area contributed by atoms with Gasteiger partial charge in [0.25, 0.3) is 0 Å². The molecule has 0 N–H and O–H groups in total. The summed E-state index contributed by atoms with van der Waals surface area (Å²) in [6, 6.07) is 14.6. The summed E-state index contributed by atoms with van der Waals surface area (Å²) in [4.78, 5) is 18.9. The number of sulfone groups is 1. The van der Waals surface area contributed by atoms with Crippen molar-refractivity contribution in [3.63, 3.8) is 0 Å².